The van der Waals surface area contributed by atoms with Gasteiger partial charge in [0.15, 0.2) is 11.5 Å². The Morgan fingerprint density at radius 3 is 2.76 bits per heavy atom. The van der Waals surface area contributed by atoms with E-state index in [-0.39, 0.29) is 6.61 Å². The van der Waals surface area contributed by atoms with Crippen LogP contribution in [0, 0.1) is 0 Å². The van der Waals surface area contributed by atoms with Gasteiger partial charge in [0, 0.05) is 23.5 Å². The second kappa shape index (κ2) is 10.8. The van der Waals surface area contributed by atoms with Crippen LogP contribution in [0.2, 0.25) is 0 Å². The van der Waals surface area contributed by atoms with Crippen LogP contribution in [0.15, 0.2) is 58.5 Å². The van der Waals surface area contributed by atoms with Gasteiger partial charge in [0.2, 0.25) is 0 Å². The van der Waals surface area contributed by atoms with Crippen LogP contribution in [0.4, 0.5) is 0 Å². The zero-order chi connectivity index (χ0) is 20.5. The number of benzene rings is 1. The van der Waals surface area contributed by atoms with Crippen LogP contribution in [0.25, 0.3) is 0 Å². The van der Waals surface area contributed by atoms with Crippen LogP contribution >= 0.6 is 11.3 Å². The van der Waals surface area contributed by atoms with Crippen LogP contribution in [-0.2, 0) is 13.1 Å². The van der Waals surface area contributed by atoms with E-state index in [1.165, 1.54) is 4.88 Å². The Balaban J connectivity index is 1.60. The molecule has 1 N–H and O–H groups in total. The van der Waals surface area contributed by atoms with Crippen molar-refractivity contribution in [1.29, 1.82) is 0 Å². The summed E-state index contributed by atoms with van der Waals surface area (Å²) < 4.78 is 16.8. The van der Waals surface area contributed by atoms with Crippen LogP contribution in [0.1, 0.15) is 27.9 Å². The number of furan rings is 1. The van der Waals surface area contributed by atoms with E-state index in [4.69, 9.17) is 13.9 Å². The molecule has 3 rings (SSSR count). The van der Waals surface area contributed by atoms with E-state index < -0.39 is 6.10 Å². The first-order valence-corrected chi connectivity index (χ1v) is 10.4. The summed E-state index contributed by atoms with van der Waals surface area (Å²) in [5.74, 6) is 1.85. The molecule has 1 atom stereocenters. The maximum Gasteiger partial charge on any atom is 0.161 e. The fraction of sp³-hybridized carbons (Fsp3) is 0.318. The minimum absolute atomic E-state index is 0.111. The van der Waals surface area contributed by atoms with E-state index in [0.29, 0.717) is 43.3 Å². The smallest absolute Gasteiger partial charge is 0.161 e. The predicted octanol–water partition coefficient (Wildman–Crippen LogP) is 3.99. The summed E-state index contributed by atoms with van der Waals surface area (Å²) in [4.78, 5) is 14.3. The average Bonchev–Trinajstić information content (AvgIpc) is 3.41. The van der Waals surface area contributed by atoms with Crippen molar-refractivity contribution < 1.29 is 23.8 Å². The SMILES string of the molecule is CCOc1cc(C=O)ccc1OCC(O)CN(Cc1ccco1)Cc1cccs1. The van der Waals surface area contributed by atoms with Gasteiger partial charge in [-0.15, -0.1) is 11.3 Å². The lowest BCUT2D eigenvalue weighted by molar-refractivity contribution is 0.0597. The maximum absolute atomic E-state index is 11.0. The molecule has 0 aliphatic carbocycles. The number of aliphatic hydroxyl groups is 1. The van der Waals surface area contributed by atoms with Crippen molar-refractivity contribution in [2.75, 3.05) is 19.8 Å². The fourth-order valence-corrected chi connectivity index (χ4v) is 3.70. The largest absolute Gasteiger partial charge is 0.490 e. The normalized spacial score (nSPS) is 12.1. The number of hydrogen-bond acceptors (Lipinski definition) is 7. The molecule has 1 aromatic carbocycles. The monoisotopic (exact) mass is 415 g/mol. The number of thiophene rings is 1. The summed E-state index contributed by atoms with van der Waals surface area (Å²) in [6, 6.07) is 12.9. The summed E-state index contributed by atoms with van der Waals surface area (Å²) in [7, 11) is 0. The molecule has 0 saturated heterocycles. The minimum Gasteiger partial charge on any atom is -0.490 e. The lowest BCUT2D eigenvalue weighted by Crippen LogP contribution is -2.34. The van der Waals surface area contributed by atoms with E-state index in [0.717, 1.165) is 12.0 Å². The lowest BCUT2D eigenvalue weighted by atomic mass is 10.2. The van der Waals surface area contributed by atoms with Crippen molar-refractivity contribution >= 4 is 17.6 Å². The van der Waals surface area contributed by atoms with Crippen molar-refractivity contribution in [1.82, 2.24) is 4.90 Å². The third-order valence-corrected chi connectivity index (χ3v) is 5.08. The second-order valence-corrected chi connectivity index (χ2v) is 7.58. The minimum atomic E-state index is -0.704. The second-order valence-electron chi connectivity index (χ2n) is 6.55. The van der Waals surface area contributed by atoms with Crippen LogP contribution in [0.5, 0.6) is 11.5 Å². The molecule has 2 heterocycles. The van der Waals surface area contributed by atoms with Gasteiger partial charge in [-0.25, -0.2) is 0 Å². The van der Waals surface area contributed by atoms with E-state index >= 15 is 0 Å². The van der Waals surface area contributed by atoms with Gasteiger partial charge < -0.3 is 19.0 Å². The zero-order valence-electron chi connectivity index (χ0n) is 16.3. The zero-order valence-corrected chi connectivity index (χ0v) is 17.1. The topological polar surface area (TPSA) is 72.1 Å². The third kappa shape index (κ3) is 6.45. The molecule has 0 fully saturated rings. The first-order chi connectivity index (χ1) is 14.2. The molecule has 0 aliphatic rings. The van der Waals surface area contributed by atoms with Gasteiger partial charge in [0.1, 0.15) is 24.8 Å². The maximum atomic E-state index is 11.0. The van der Waals surface area contributed by atoms with Crippen molar-refractivity contribution in [2.24, 2.45) is 0 Å². The van der Waals surface area contributed by atoms with E-state index in [2.05, 4.69) is 11.0 Å². The Bertz CT molecular complexity index is 827. The number of carbonyl (C=O) groups is 1. The van der Waals surface area contributed by atoms with Crippen molar-refractivity contribution in [3.8, 4) is 11.5 Å². The summed E-state index contributed by atoms with van der Waals surface area (Å²) in [5.41, 5.74) is 0.516. The number of aldehydes is 1. The van der Waals surface area contributed by atoms with Crippen molar-refractivity contribution in [3.05, 3.63) is 70.3 Å². The van der Waals surface area contributed by atoms with Gasteiger partial charge in [-0.05, 0) is 48.7 Å². The van der Waals surface area contributed by atoms with Gasteiger partial charge in [-0.3, -0.25) is 9.69 Å². The lowest BCUT2D eigenvalue weighted by Gasteiger charge is -2.24. The quantitative estimate of drug-likeness (QED) is 0.451. The van der Waals surface area contributed by atoms with Gasteiger partial charge in [0.05, 0.1) is 19.4 Å². The molecular weight excluding hydrogens is 390 g/mol. The number of nitrogens with zero attached hydrogens (tertiary/aromatic N) is 1. The molecule has 1 unspecified atom stereocenters. The Hall–Kier alpha value is -2.61. The summed E-state index contributed by atoms with van der Waals surface area (Å²) in [6.45, 7) is 4.17. The molecule has 29 heavy (non-hydrogen) atoms. The highest BCUT2D eigenvalue weighted by Gasteiger charge is 2.16. The molecule has 0 aliphatic heterocycles. The van der Waals surface area contributed by atoms with Gasteiger partial charge in [-0.2, -0.15) is 0 Å². The standard InChI is InChI=1S/C22H25NO5S/c1-2-26-22-11-17(15-24)7-8-21(22)28-16-18(25)12-23(13-19-5-3-9-27-19)14-20-6-4-10-29-20/h3-11,15,18,25H,2,12-14,16H2,1H3. The van der Waals surface area contributed by atoms with Gasteiger partial charge in [0.25, 0.3) is 0 Å². The summed E-state index contributed by atoms with van der Waals surface area (Å²) >= 11 is 1.68. The number of carbonyl (C=O) groups excluding carboxylic acids is 1. The number of aliphatic hydroxyl groups excluding tert-OH is 1. The summed E-state index contributed by atoms with van der Waals surface area (Å²) in [5, 5.41) is 12.6. The molecule has 0 radical (unpaired) electrons. The molecule has 2 aromatic heterocycles. The molecule has 154 valence electrons. The van der Waals surface area contributed by atoms with Crippen LogP contribution < -0.4 is 9.47 Å². The molecule has 0 spiro atoms. The molecule has 0 amide bonds. The molecule has 0 bridgehead atoms. The molecule has 7 heteroatoms. The third-order valence-electron chi connectivity index (χ3n) is 4.22. The Morgan fingerprint density at radius 2 is 2.07 bits per heavy atom. The Morgan fingerprint density at radius 1 is 1.17 bits per heavy atom. The summed E-state index contributed by atoms with van der Waals surface area (Å²) in [6.07, 6.45) is 1.71. The van der Waals surface area contributed by atoms with Gasteiger partial charge in [-0.1, -0.05) is 6.07 Å². The fourth-order valence-electron chi connectivity index (χ4n) is 2.95. The number of rotatable bonds is 12. The van der Waals surface area contributed by atoms with Crippen molar-refractivity contribution in [3.63, 3.8) is 0 Å². The highest BCUT2D eigenvalue weighted by Crippen LogP contribution is 2.28. The van der Waals surface area contributed by atoms with E-state index in [1.54, 1.807) is 35.8 Å². The Kier molecular flexibility index (Phi) is 7.86. The van der Waals surface area contributed by atoms with Crippen molar-refractivity contribution in [2.45, 2.75) is 26.1 Å². The Labute approximate surface area is 174 Å². The molecular formula is C22H25NO5S. The molecule has 0 saturated carbocycles. The predicted molar refractivity (Wildman–Crippen MR) is 112 cm³/mol. The highest BCUT2D eigenvalue weighted by molar-refractivity contribution is 7.09. The first-order valence-electron chi connectivity index (χ1n) is 9.48. The van der Waals surface area contributed by atoms with Gasteiger partial charge >= 0.3 is 0 Å². The van der Waals surface area contributed by atoms with E-state index in [9.17, 15) is 9.90 Å². The van der Waals surface area contributed by atoms with E-state index in [1.807, 2.05) is 30.5 Å². The highest BCUT2D eigenvalue weighted by atomic mass is 32.1. The van der Waals surface area contributed by atoms with Crippen LogP contribution in [0.3, 0.4) is 0 Å². The molecule has 3 aromatic rings. The van der Waals surface area contributed by atoms with Crippen LogP contribution in [-0.4, -0.2) is 42.2 Å². The first kappa shape index (κ1) is 21.1. The average molecular weight is 416 g/mol. The number of hydrogen-bond donors (Lipinski definition) is 1. The molecule has 6 nitrogen and oxygen atoms in total. The number of ether oxygens (including phenoxy) is 2.